The van der Waals surface area contributed by atoms with Crippen LogP contribution >= 0.6 is 0 Å². The molecule has 1 fully saturated rings. The number of carbonyl (C=O) groups is 1. The van der Waals surface area contributed by atoms with Gasteiger partial charge in [0.05, 0.1) is 0 Å². The first-order valence-corrected chi connectivity index (χ1v) is 6.47. The average Bonchev–Trinajstić information content (AvgIpc) is 2.38. The van der Waals surface area contributed by atoms with Gasteiger partial charge < -0.3 is 14.9 Å². The molecule has 4 nitrogen and oxygen atoms in total. The van der Waals surface area contributed by atoms with Crippen molar-refractivity contribution >= 4 is 18.5 Å². The number of amides is 1. The molecular formula is C13H17BFNO3. The summed E-state index contributed by atoms with van der Waals surface area (Å²) in [7, 11) is -1.86. The Hall–Kier alpha value is -1.40. The number of benzene rings is 1. The van der Waals surface area contributed by atoms with Gasteiger partial charge in [-0.25, -0.2) is 4.39 Å². The van der Waals surface area contributed by atoms with Crippen LogP contribution in [0.4, 0.5) is 4.39 Å². The Balaban J connectivity index is 2.22. The highest BCUT2D eigenvalue weighted by molar-refractivity contribution is 6.58. The average molecular weight is 265 g/mol. The molecule has 0 saturated carbocycles. The van der Waals surface area contributed by atoms with Crippen molar-refractivity contribution in [1.82, 2.24) is 4.90 Å². The number of halogens is 1. The fourth-order valence-corrected chi connectivity index (χ4v) is 2.44. The van der Waals surface area contributed by atoms with Crippen LogP contribution in [0.5, 0.6) is 0 Å². The van der Waals surface area contributed by atoms with Crippen molar-refractivity contribution in [2.45, 2.75) is 32.2 Å². The lowest BCUT2D eigenvalue weighted by Crippen LogP contribution is -2.42. The van der Waals surface area contributed by atoms with Crippen LogP contribution in [0.15, 0.2) is 18.2 Å². The summed E-state index contributed by atoms with van der Waals surface area (Å²) in [6.45, 7) is 2.67. The third-order valence-electron chi connectivity index (χ3n) is 3.59. The first-order chi connectivity index (χ1) is 9.00. The van der Waals surface area contributed by atoms with E-state index >= 15 is 0 Å². The van der Waals surface area contributed by atoms with E-state index in [0.717, 1.165) is 25.3 Å². The highest BCUT2D eigenvalue weighted by atomic mass is 19.1. The van der Waals surface area contributed by atoms with Gasteiger partial charge in [-0.1, -0.05) is 6.07 Å². The quantitative estimate of drug-likeness (QED) is 0.766. The fraction of sp³-hybridized carbons (Fsp3) is 0.462. The molecule has 0 unspecified atom stereocenters. The maximum atomic E-state index is 13.6. The minimum atomic E-state index is -1.86. The molecule has 1 aliphatic rings. The second-order valence-electron chi connectivity index (χ2n) is 4.95. The van der Waals surface area contributed by atoms with Crippen molar-refractivity contribution in [3.8, 4) is 0 Å². The molecule has 2 rings (SSSR count). The maximum absolute atomic E-state index is 13.6. The fourth-order valence-electron chi connectivity index (χ4n) is 2.44. The van der Waals surface area contributed by atoms with Crippen LogP contribution in [0.3, 0.4) is 0 Å². The summed E-state index contributed by atoms with van der Waals surface area (Å²) in [5.74, 6) is -0.976. The van der Waals surface area contributed by atoms with Gasteiger partial charge in [-0.2, -0.15) is 0 Å². The standard InChI is InChI=1S/C13H17BFNO3/c1-9-4-2-3-7-16(9)13(17)10-5-6-11(14(18)19)12(15)8-10/h5-6,8-9,18-19H,2-4,7H2,1H3/t9-/m1/s1. The van der Waals surface area contributed by atoms with E-state index in [1.807, 2.05) is 6.92 Å². The van der Waals surface area contributed by atoms with Gasteiger partial charge in [0.1, 0.15) is 5.82 Å². The molecule has 1 saturated heterocycles. The maximum Gasteiger partial charge on any atom is 0.491 e. The molecule has 1 aliphatic heterocycles. The van der Waals surface area contributed by atoms with E-state index in [-0.39, 0.29) is 23.0 Å². The molecule has 1 atom stereocenters. The third kappa shape index (κ3) is 2.96. The molecule has 6 heteroatoms. The molecule has 2 N–H and O–H groups in total. The van der Waals surface area contributed by atoms with E-state index in [1.165, 1.54) is 12.1 Å². The molecule has 1 amide bonds. The Morgan fingerprint density at radius 1 is 1.42 bits per heavy atom. The van der Waals surface area contributed by atoms with Crippen molar-refractivity contribution in [3.05, 3.63) is 29.6 Å². The number of nitrogens with zero attached hydrogens (tertiary/aromatic N) is 1. The van der Waals surface area contributed by atoms with Crippen molar-refractivity contribution in [1.29, 1.82) is 0 Å². The van der Waals surface area contributed by atoms with Gasteiger partial charge in [0, 0.05) is 23.6 Å². The molecule has 19 heavy (non-hydrogen) atoms. The van der Waals surface area contributed by atoms with E-state index in [2.05, 4.69) is 0 Å². The Bertz CT molecular complexity index is 481. The highest BCUT2D eigenvalue weighted by Crippen LogP contribution is 2.19. The molecule has 1 aromatic rings. The molecule has 0 aliphatic carbocycles. The predicted molar refractivity (Wildman–Crippen MR) is 70.6 cm³/mol. The lowest BCUT2D eigenvalue weighted by molar-refractivity contribution is 0.0635. The van der Waals surface area contributed by atoms with Gasteiger partial charge in [-0.05, 0) is 38.3 Å². The van der Waals surface area contributed by atoms with Crippen LogP contribution in [-0.2, 0) is 0 Å². The number of likely N-dealkylation sites (tertiary alicyclic amines) is 1. The second-order valence-corrected chi connectivity index (χ2v) is 4.95. The summed E-state index contributed by atoms with van der Waals surface area (Å²) in [5, 5.41) is 17.9. The van der Waals surface area contributed by atoms with E-state index in [0.29, 0.717) is 6.54 Å². The Kier molecular flexibility index (Phi) is 4.22. The summed E-state index contributed by atoms with van der Waals surface area (Å²) in [5.41, 5.74) is 0.0268. The van der Waals surface area contributed by atoms with Gasteiger partial charge >= 0.3 is 7.12 Å². The normalized spacial score (nSPS) is 19.4. The van der Waals surface area contributed by atoms with Crippen molar-refractivity contribution in [2.24, 2.45) is 0 Å². The number of hydrogen-bond acceptors (Lipinski definition) is 3. The van der Waals surface area contributed by atoms with Gasteiger partial charge in [0.25, 0.3) is 5.91 Å². The van der Waals surface area contributed by atoms with Crippen LogP contribution in [0, 0.1) is 5.82 Å². The zero-order chi connectivity index (χ0) is 14.0. The van der Waals surface area contributed by atoms with Crippen LogP contribution in [-0.4, -0.2) is 40.6 Å². The Labute approximate surface area is 112 Å². The van der Waals surface area contributed by atoms with Crippen molar-refractivity contribution in [2.75, 3.05) is 6.54 Å². The van der Waals surface area contributed by atoms with E-state index in [4.69, 9.17) is 10.0 Å². The first-order valence-electron chi connectivity index (χ1n) is 6.47. The van der Waals surface area contributed by atoms with Gasteiger partial charge in [-0.15, -0.1) is 0 Å². The summed E-state index contributed by atoms with van der Waals surface area (Å²) >= 11 is 0. The van der Waals surface area contributed by atoms with E-state index in [1.54, 1.807) is 4.90 Å². The lowest BCUT2D eigenvalue weighted by Gasteiger charge is -2.33. The first kappa shape index (κ1) is 14.0. The minimum absolute atomic E-state index is 0.160. The Morgan fingerprint density at radius 3 is 2.74 bits per heavy atom. The van der Waals surface area contributed by atoms with Crippen molar-refractivity contribution < 1.29 is 19.2 Å². The lowest BCUT2D eigenvalue weighted by atomic mass is 9.79. The molecule has 102 valence electrons. The number of hydrogen-bond donors (Lipinski definition) is 2. The van der Waals surface area contributed by atoms with Gasteiger partial charge in [-0.3, -0.25) is 4.79 Å². The monoisotopic (exact) mass is 265 g/mol. The predicted octanol–water partition coefficient (Wildman–Crippen LogP) is 0.520. The molecular weight excluding hydrogens is 248 g/mol. The molecule has 1 heterocycles. The number of rotatable bonds is 2. The Morgan fingerprint density at radius 2 is 2.16 bits per heavy atom. The van der Waals surface area contributed by atoms with Crippen LogP contribution in [0.2, 0.25) is 0 Å². The second kappa shape index (κ2) is 5.71. The van der Waals surface area contributed by atoms with Gasteiger partial charge in [0.15, 0.2) is 0 Å². The minimum Gasteiger partial charge on any atom is -0.423 e. The zero-order valence-corrected chi connectivity index (χ0v) is 10.8. The van der Waals surface area contributed by atoms with Crippen LogP contribution < -0.4 is 5.46 Å². The molecule has 0 aromatic heterocycles. The van der Waals surface area contributed by atoms with Gasteiger partial charge in [0.2, 0.25) is 0 Å². The summed E-state index contributed by atoms with van der Waals surface area (Å²) in [6, 6.07) is 3.90. The van der Waals surface area contributed by atoms with Crippen LogP contribution in [0.1, 0.15) is 36.5 Å². The molecule has 0 radical (unpaired) electrons. The SMILES string of the molecule is C[C@@H]1CCCCN1C(=O)c1ccc(B(O)O)c(F)c1. The third-order valence-corrected chi connectivity index (χ3v) is 3.59. The highest BCUT2D eigenvalue weighted by Gasteiger charge is 2.25. The largest absolute Gasteiger partial charge is 0.491 e. The van der Waals surface area contributed by atoms with Crippen LogP contribution in [0.25, 0.3) is 0 Å². The molecule has 0 spiro atoms. The summed E-state index contributed by atoms with van der Waals surface area (Å²) < 4.78 is 13.6. The summed E-state index contributed by atoms with van der Waals surface area (Å²) in [4.78, 5) is 14.0. The van der Waals surface area contributed by atoms with E-state index in [9.17, 15) is 9.18 Å². The molecule has 1 aromatic carbocycles. The topological polar surface area (TPSA) is 60.8 Å². The summed E-state index contributed by atoms with van der Waals surface area (Å²) in [6.07, 6.45) is 3.03. The van der Waals surface area contributed by atoms with E-state index < -0.39 is 12.9 Å². The molecule has 0 bridgehead atoms. The zero-order valence-electron chi connectivity index (χ0n) is 10.8. The van der Waals surface area contributed by atoms with Crippen molar-refractivity contribution in [3.63, 3.8) is 0 Å². The number of carbonyl (C=O) groups excluding carboxylic acids is 1. The smallest absolute Gasteiger partial charge is 0.423 e. The number of piperidine rings is 1.